The third kappa shape index (κ3) is 4.62. The van der Waals surface area contributed by atoms with Crippen LogP contribution >= 0.6 is 35.6 Å². The summed E-state index contributed by atoms with van der Waals surface area (Å²) in [5, 5.41) is 7.60. The van der Waals surface area contributed by atoms with Crippen molar-refractivity contribution in [1.82, 2.24) is 10.5 Å². The topological polar surface area (TPSA) is 90.4 Å². The highest BCUT2D eigenvalue weighted by Crippen LogP contribution is 2.33. The molecule has 1 heterocycles. The fourth-order valence-corrected chi connectivity index (χ4v) is 3.50. The molecule has 3 rings (SSSR count). The van der Waals surface area contributed by atoms with Crippen LogP contribution in [0.15, 0.2) is 28.8 Å². The summed E-state index contributed by atoms with van der Waals surface area (Å²) in [6.07, 6.45) is 3.89. The highest BCUT2D eigenvalue weighted by Gasteiger charge is 2.34. The average molecular weight is 421 g/mol. The molecule has 9 heteroatoms. The number of nitrogens with two attached hydrogens (primary N) is 1. The molecule has 1 saturated carbocycles. The monoisotopic (exact) mass is 419 g/mol. The number of halogens is 3. The van der Waals surface area contributed by atoms with Crippen molar-refractivity contribution in [3.63, 3.8) is 0 Å². The lowest BCUT2D eigenvalue weighted by atomic mass is 9.97. The van der Waals surface area contributed by atoms with Crippen LogP contribution in [0, 0.1) is 0 Å². The van der Waals surface area contributed by atoms with Gasteiger partial charge in [0.25, 0.3) is 5.91 Å². The van der Waals surface area contributed by atoms with Gasteiger partial charge in [-0.1, -0.05) is 47.3 Å². The smallest absolute Gasteiger partial charge is 0.273 e. The molecule has 26 heavy (non-hydrogen) atoms. The van der Waals surface area contributed by atoms with E-state index in [4.69, 9.17) is 38.2 Å². The van der Waals surface area contributed by atoms with Gasteiger partial charge in [-0.3, -0.25) is 4.79 Å². The number of nitrogens with one attached hydrogen (secondary N) is 1. The standard InChI is InChI=1S/C17H19Cl2N3O3.ClH/c18-12-4-3-5-13(19)15(12)24-9-11-8-14(22-25-11)16(23)21-17(10-20)6-1-2-7-17;/h3-5,8H,1-2,6-7,9-10,20H2,(H,21,23);1H. The quantitative estimate of drug-likeness (QED) is 0.737. The molecule has 1 aliphatic carbocycles. The molecular weight excluding hydrogens is 401 g/mol. The minimum absolute atomic E-state index is 0. The second-order valence-electron chi connectivity index (χ2n) is 6.16. The van der Waals surface area contributed by atoms with Crippen LogP contribution in [0.5, 0.6) is 5.75 Å². The van der Waals surface area contributed by atoms with Crippen LogP contribution in [0.25, 0.3) is 0 Å². The van der Waals surface area contributed by atoms with Gasteiger partial charge in [-0.15, -0.1) is 12.4 Å². The molecule has 2 aromatic rings. The van der Waals surface area contributed by atoms with Gasteiger partial charge in [0.05, 0.1) is 15.6 Å². The first kappa shape index (κ1) is 20.8. The van der Waals surface area contributed by atoms with E-state index in [0.717, 1.165) is 25.7 Å². The van der Waals surface area contributed by atoms with E-state index in [1.807, 2.05) is 0 Å². The van der Waals surface area contributed by atoms with Crippen molar-refractivity contribution in [2.45, 2.75) is 37.8 Å². The van der Waals surface area contributed by atoms with Crippen molar-refractivity contribution < 1.29 is 14.1 Å². The number of nitrogens with zero attached hydrogens (tertiary/aromatic N) is 1. The Kier molecular flexibility index (Phi) is 7.17. The molecule has 142 valence electrons. The number of aromatic nitrogens is 1. The van der Waals surface area contributed by atoms with Gasteiger partial charge in [0.2, 0.25) is 0 Å². The first-order chi connectivity index (χ1) is 12.0. The molecule has 6 nitrogen and oxygen atoms in total. The SMILES string of the molecule is Cl.NCC1(NC(=O)c2cc(COc3c(Cl)cccc3Cl)on2)CCCC1. The summed E-state index contributed by atoms with van der Waals surface area (Å²) in [5.41, 5.74) is 5.70. The molecule has 1 aromatic heterocycles. The van der Waals surface area contributed by atoms with Gasteiger partial charge >= 0.3 is 0 Å². The predicted octanol–water partition coefficient (Wildman–Crippen LogP) is 3.98. The van der Waals surface area contributed by atoms with Crippen molar-refractivity contribution >= 4 is 41.5 Å². The second-order valence-corrected chi connectivity index (χ2v) is 6.98. The summed E-state index contributed by atoms with van der Waals surface area (Å²) >= 11 is 12.1. The van der Waals surface area contributed by atoms with Gasteiger partial charge in [-0.05, 0) is 25.0 Å². The summed E-state index contributed by atoms with van der Waals surface area (Å²) in [5.74, 6) is 0.466. The highest BCUT2D eigenvalue weighted by molar-refractivity contribution is 6.37. The molecule has 0 radical (unpaired) electrons. The molecule has 0 bridgehead atoms. The largest absolute Gasteiger partial charge is 0.482 e. The summed E-state index contributed by atoms with van der Waals surface area (Å²) in [6, 6.07) is 6.62. The normalized spacial score (nSPS) is 15.3. The van der Waals surface area contributed by atoms with Crippen LogP contribution in [0.2, 0.25) is 10.0 Å². The fraction of sp³-hybridized carbons (Fsp3) is 0.412. The first-order valence-corrected chi connectivity index (χ1v) is 8.83. The van der Waals surface area contributed by atoms with Crippen molar-refractivity contribution in [2.75, 3.05) is 6.54 Å². The fourth-order valence-electron chi connectivity index (χ4n) is 2.99. The maximum Gasteiger partial charge on any atom is 0.273 e. The van der Waals surface area contributed by atoms with Crippen molar-refractivity contribution in [3.8, 4) is 5.75 Å². The van der Waals surface area contributed by atoms with Crippen molar-refractivity contribution in [2.24, 2.45) is 5.73 Å². The zero-order valence-electron chi connectivity index (χ0n) is 14.0. The maximum atomic E-state index is 12.4. The molecule has 1 fully saturated rings. The molecule has 1 aromatic carbocycles. The molecular formula is C17H20Cl3N3O3. The summed E-state index contributed by atoms with van der Waals surface area (Å²) < 4.78 is 10.7. The van der Waals surface area contributed by atoms with Crippen LogP contribution in [0.1, 0.15) is 41.9 Å². The van der Waals surface area contributed by atoms with E-state index < -0.39 is 0 Å². The number of ether oxygens (including phenoxy) is 1. The van der Waals surface area contributed by atoms with Crippen LogP contribution in [0.3, 0.4) is 0 Å². The molecule has 1 aliphatic rings. The minimum atomic E-state index is -0.336. The van der Waals surface area contributed by atoms with Crippen LogP contribution in [0.4, 0.5) is 0 Å². The van der Waals surface area contributed by atoms with E-state index in [-0.39, 0.29) is 36.2 Å². The zero-order chi connectivity index (χ0) is 17.9. The lowest BCUT2D eigenvalue weighted by Crippen LogP contribution is -2.51. The Morgan fingerprint density at radius 1 is 1.31 bits per heavy atom. The lowest BCUT2D eigenvalue weighted by Gasteiger charge is -2.28. The van der Waals surface area contributed by atoms with E-state index in [0.29, 0.717) is 28.1 Å². The minimum Gasteiger partial charge on any atom is -0.482 e. The van der Waals surface area contributed by atoms with E-state index in [9.17, 15) is 4.79 Å². The summed E-state index contributed by atoms with van der Waals surface area (Å²) in [7, 11) is 0. The number of carbonyl (C=O) groups excluding carboxylic acids is 1. The van der Waals surface area contributed by atoms with Crippen LogP contribution in [-0.2, 0) is 6.61 Å². The number of carbonyl (C=O) groups is 1. The van der Waals surface area contributed by atoms with Crippen LogP contribution < -0.4 is 15.8 Å². The molecule has 0 saturated heterocycles. The van der Waals surface area contributed by atoms with Gasteiger partial charge in [-0.2, -0.15) is 0 Å². The number of para-hydroxylation sites is 1. The molecule has 0 atom stereocenters. The van der Waals surface area contributed by atoms with Crippen LogP contribution in [-0.4, -0.2) is 23.1 Å². The van der Waals surface area contributed by atoms with Crippen molar-refractivity contribution in [1.29, 1.82) is 0 Å². The summed E-state index contributed by atoms with van der Waals surface area (Å²) in [4.78, 5) is 12.4. The molecule has 0 unspecified atom stereocenters. The van der Waals surface area contributed by atoms with Gasteiger partial charge < -0.3 is 20.3 Å². The second kappa shape index (κ2) is 8.95. The zero-order valence-corrected chi connectivity index (χ0v) is 16.3. The Labute approximate surface area is 167 Å². The highest BCUT2D eigenvalue weighted by atomic mass is 35.5. The first-order valence-electron chi connectivity index (χ1n) is 8.08. The Morgan fingerprint density at radius 3 is 2.58 bits per heavy atom. The predicted molar refractivity (Wildman–Crippen MR) is 102 cm³/mol. The molecule has 3 N–H and O–H groups in total. The van der Waals surface area contributed by atoms with Gasteiger partial charge in [0, 0.05) is 12.6 Å². The summed E-state index contributed by atoms with van der Waals surface area (Å²) in [6.45, 7) is 0.476. The number of benzene rings is 1. The van der Waals surface area contributed by atoms with Gasteiger partial charge in [0.15, 0.2) is 17.2 Å². The van der Waals surface area contributed by atoms with Gasteiger partial charge in [0.1, 0.15) is 6.61 Å². The number of hydrogen-bond acceptors (Lipinski definition) is 5. The molecule has 0 aliphatic heterocycles. The Morgan fingerprint density at radius 2 is 1.96 bits per heavy atom. The number of hydrogen-bond donors (Lipinski definition) is 2. The molecule has 0 spiro atoms. The van der Waals surface area contributed by atoms with Gasteiger partial charge in [-0.25, -0.2) is 0 Å². The average Bonchev–Trinajstić information content (AvgIpc) is 3.24. The van der Waals surface area contributed by atoms with E-state index in [1.165, 1.54) is 0 Å². The lowest BCUT2D eigenvalue weighted by molar-refractivity contribution is 0.0893. The third-order valence-corrected chi connectivity index (χ3v) is 4.99. The number of rotatable bonds is 6. The number of amides is 1. The van der Waals surface area contributed by atoms with E-state index >= 15 is 0 Å². The Hall–Kier alpha value is -1.47. The van der Waals surface area contributed by atoms with E-state index in [2.05, 4.69) is 10.5 Å². The molecule has 1 amide bonds. The Bertz CT molecular complexity index is 740. The maximum absolute atomic E-state index is 12.4. The van der Waals surface area contributed by atoms with E-state index in [1.54, 1.807) is 24.3 Å². The third-order valence-electron chi connectivity index (χ3n) is 4.40. The Balaban J connectivity index is 0.00000243. The van der Waals surface area contributed by atoms with Crippen molar-refractivity contribution in [3.05, 3.63) is 45.8 Å².